The summed E-state index contributed by atoms with van der Waals surface area (Å²) in [6, 6.07) is 16.6. The highest BCUT2D eigenvalue weighted by atomic mass is 79.9. The monoisotopic (exact) mass is 511 g/mol. The molecule has 2 amide bonds. The van der Waals surface area contributed by atoms with Crippen LogP contribution >= 0.6 is 15.9 Å². The number of nitrogens with zero attached hydrogens (tertiary/aromatic N) is 3. The molecule has 172 valence electrons. The van der Waals surface area contributed by atoms with Crippen LogP contribution in [0.1, 0.15) is 28.8 Å². The van der Waals surface area contributed by atoms with Gasteiger partial charge in [-0.1, -0.05) is 36.4 Å². The highest BCUT2D eigenvalue weighted by Crippen LogP contribution is 2.22. The summed E-state index contributed by atoms with van der Waals surface area (Å²) in [6.45, 7) is 0.986. The van der Waals surface area contributed by atoms with E-state index in [4.69, 9.17) is 11.6 Å². The summed E-state index contributed by atoms with van der Waals surface area (Å²) in [4.78, 5) is 32.3. The molecule has 3 aromatic rings. The zero-order valence-corrected chi connectivity index (χ0v) is 19.6. The van der Waals surface area contributed by atoms with E-state index in [1.165, 1.54) is 5.01 Å². The smallest absolute Gasteiger partial charge is 0.248 e. The molecule has 0 aliphatic carbocycles. The van der Waals surface area contributed by atoms with Crippen molar-refractivity contribution < 1.29 is 9.59 Å². The van der Waals surface area contributed by atoms with E-state index in [1.54, 1.807) is 30.5 Å². The quantitative estimate of drug-likeness (QED) is 0.134. The summed E-state index contributed by atoms with van der Waals surface area (Å²) in [5, 5.41) is 7.53. The summed E-state index contributed by atoms with van der Waals surface area (Å²) < 4.78 is 0.697. The largest absolute Gasteiger partial charge is 0.369 e. The molecule has 9 nitrogen and oxygen atoms in total. The van der Waals surface area contributed by atoms with Gasteiger partial charge in [0.1, 0.15) is 5.82 Å². The summed E-state index contributed by atoms with van der Waals surface area (Å²) in [5.41, 5.74) is 7.47. The molecule has 1 aromatic heterocycles. The first-order valence-electron chi connectivity index (χ1n) is 10.4. The van der Waals surface area contributed by atoms with E-state index in [-0.39, 0.29) is 5.91 Å². The lowest BCUT2D eigenvalue weighted by Gasteiger charge is -2.17. The SMILES string of the molecule is NC(=O)c1cccc(Nc2ncc(Br)c(NCCCN(N)C(=O)CCc3ccccc3)n2)c1. The molecule has 10 heteroatoms. The Morgan fingerprint density at radius 3 is 2.64 bits per heavy atom. The third-order valence-corrected chi connectivity index (χ3v) is 5.39. The Hall–Kier alpha value is -3.50. The number of aromatic nitrogens is 2. The highest BCUT2D eigenvalue weighted by molar-refractivity contribution is 9.10. The number of hydrazine groups is 1. The molecule has 3 rings (SSSR count). The van der Waals surface area contributed by atoms with Crippen LogP contribution in [-0.4, -0.2) is 39.9 Å². The van der Waals surface area contributed by atoms with E-state index in [1.807, 2.05) is 30.3 Å². The molecule has 33 heavy (non-hydrogen) atoms. The molecule has 0 spiro atoms. The molecule has 0 radical (unpaired) electrons. The van der Waals surface area contributed by atoms with Gasteiger partial charge in [-0.3, -0.25) is 14.6 Å². The molecule has 0 aliphatic heterocycles. The van der Waals surface area contributed by atoms with Gasteiger partial charge in [-0.2, -0.15) is 4.98 Å². The second-order valence-corrected chi connectivity index (χ2v) is 8.17. The van der Waals surface area contributed by atoms with Crippen molar-refractivity contribution in [2.75, 3.05) is 23.7 Å². The van der Waals surface area contributed by atoms with Crippen LogP contribution < -0.4 is 22.2 Å². The Morgan fingerprint density at radius 1 is 1.09 bits per heavy atom. The van der Waals surface area contributed by atoms with Crippen LogP contribution in [0.5, 0.6) is 0 Å². The van der Waals surface area contributed by atoms with Gasteiger partial charge < -0.3 is 16.4 Å². The van der Waals surface area contributed by atoms with Gasteiger partial charge in [-0.05, 0) is 52.5 Å². The second-order valence-electron chi connectivity index (χ2n) is 7.31. The van der Waals surface area contributed by atoms with Crippen LogP contribution in [0.4, 0.5) is 17.5 Å². The minimum Gasteiger partial charge on any atom is -0.369 e. The molecule has 0 bridgehead atoms. The third-order valence-electron chi connectivity index (χ3n) is 4.81. The molecule has 2 aromatic carbocycles. The zero-order valence-electron chi connectivity index (χ0n) is 18.0. The molecule has 0 unspecified atom stereocenters. The van der Waals surface area contributed by atoms with Crippen LogP contribution in [0.3, 0.4) is 0 Å². The Bertz CT molecular complexity index is 1100. The number of nitrogens with one attached hydrogen (secondary N) is 2. The zero-order chi connectivity index (χ0) is 23.6. The van der Waals surface area contributed by atoms with E-state index in [2.05, 4.69) is 36.5 Å². The van der Waals surface area contributed by atoms with E-state index in [0.717, 1.165) is 5.56 Å². The van der Waals surface area contributed by atoms with Crippen molar-refractivity contribution in [1.82, 2.24) is 15.0 Å². The van der Waals surface area contributed by atoms with Crippen molar-refractivity contribution in [3.8, 4) is 0 Å². The number of anilines is 3. The summed E-state index contributed by atoms with van der Waals surface area (Å²) in [6.07, 6.45) is 3.31. The van der Waals surface area contributed by atoms with Gasteiger partial charge in [-0.15, -0.1) is 0 Å². The number of carbonyl (C=O) groups is 2. The average molecular weight is 512 g/mol. The molecule has 0 atom stereocenters. The lowest BCUT2D eigenvalue weighted by molar-refractivity contribution is -0.131. The Morgan fingerprint density at radius 2 is 1.88 bits per heavy atom. The average Bonchev–Trinajstić information content (AvgIpc) is 2.82. The van der Waals surface area contributed by atoms with Crippen molar-refractivity contribution in [2.45, 2.75) is 19.3 Å². The van der Waals surface area contributed by atoms with Crippen molar-refractivity contribution in [2.24, 2.45) is 11.6 Å². The molecule has 0 aliphatic rings. The summed E-state index contributed by atoms with van der Waals surface area (Å²) in [7, 11) is 0. The molecule has 0 fully saturated rings. The topological polar surface area (TPSA) is 139 Å². The van der Waals surface area contributed by atoms with Crippen LogP contribution in [0.2, 0.25) is 0 Å². The second kappa shape index (κ2) is 11.9. The first kappa shape index (κ1) is 24.1. The number of aryl methyl sites for hydroxylation is 1. The number of primary amides is 1. The van der Waals surface area contributed by atoms with Crippen molar-refractivity contribution >= 4 is 45.2 Å². The van der Waals surface area contributed by atoms with E-state index in [9.17, 15) is 9.59 Å². The van der Waals surface area contributed by atoms with Crippen LogP contribution in [0.25, 0.3) is 0 Å². The number of nitrogens with two attached hydrogens (primary N) is 2. The maximum atomic E-state index is 12.2. The van der Waals surface area contributed by atoms with Crippen LogP contribution in [0, 0.1) is 0 Å². The van der Waals surface area contributed by atoms with Crippen molar-refractivity contribution in [1.29, 1.82) is 0 Å². The fourth-order valence-corrected chi connectivity index (χ4v) is 3.38. The minimum atomic E-state index is -0.509. The lowest BCUT2D eigenvalue weighted by Crippen LogP contribution is -2.38. The molecule has 0 saturated heterocycles. The van der Waals surface area contributed by atoms with Gasteiger partial charge in [0, 0.05) is 37.0 Å². The number of benzene rings is 2. The molecule has 0 saturated carbocycles. The van der Waals surface area contributed by atoms with Crippen molar-refractivity contribution in [3.63, 3.8) is 0 Å². The van der Waals surface area contributed by atoms with Crippen LogP contribution in [0.15, 0.2) is 65.3 Å². The number of hydrogen-bond donors (Lipinski definition) is 4. The summed E-state index contributed by atoms with van der Waals surface area (Å²) >= 11 is 3.43. The van der Waals surface area contributed by atoms with Gasteiger partial charge in [0.2, 0.25) is 17.8 Å². The number of hydrogen-bond acceptors (Lipinski definition) is 7. The van der Waals surface area contributed by atoms with Gasteiger partial charge in [-0.25, -0.2) is 10.8 Å². The normalized spacial score (nSPS) is 10.5. The fourth-order valence-electron chi connectivity index (χ4n) is 3.05. The van der Waals surface area contributed by atoms with Crippen LogP contribution in [-0.2, 0) is 11.2 Å². The summed E-state index contributed by atoms with van der Waals surface area (Å²) in [5.74, 6) is 6.27. The van der Waals surface area contributed by atoms with Gasteiger partial charge in [0.25, 0.3) is 0 Å². The molecular formula is C23H26BrN7O2. The van der Waals surface area contributed by atoms with Crippen molar-refractivity contribution in [3.05, 3.63) is 76.4 Å². The molecule has 1 heterocycles. The van der Waals surface area contributed by atoms with Gasteiger partial charge in [0.15, 0.2) is 0 Å². The number of amides is 2. The molecular weight excluding hydrogens is 486 g/mol. The predicted molar refractivity (Wildman–Crippen MR) is 132 cm³/mol. The maximum Gasteiger partial charge on any atom is 0.248 e. The number of rotatable bonds is 11. The third kappa shape index (κ3) is 7.55. The van der Waals surface area contributed by atoms with E-state index >= 15 is 0 Å². The van der Waals surface area contributed by atoms with Gasteiger partial charge in [0.05, 0.1) is 4.47 Å². The highest BCUT2D eigenvalue weighted by Gasteiger charge is 2.10. The minimum absolute atomic E-state index is 0.0910. The first-order chi connectivity index (χ1) is 15.9. The van der Waals surface area contributed by atoms with E-state index < -0.39 is 5.91 Å². The lowest BCUT2D eigenvalue weighted by atomic mass is 10.1. The van der Waals surface area contributed by atoms with Gasteiger partial charge >= 0.3 is 0 Å². The Kier molecular flexibility index (Phi) is 8.73. The number of carbonyl (C=O) groups excluding carboxylic acids is 2. The number of halogens is 1. The predicted octanol–water partition coefficient (Wildman–Crippen LogP) is 3.22. The Balaban J connectivity index is 1.46. The fraction of sp³-hybridized carbons (Fsp3) is 0.217. The van der Waals surface area contributed by atoms with E-state index in [0.29, 0.717) is 59.8 Å². The standard InChI is InChI=1S/C23H26BrN7O2/c24-19-15-28-23(29-18-9-4-8-17(14-18)21(25)33)30-22(19)27-12-5-13-31(26)20(32)11-10-16-6-2-1-3-7-16/h1-4,6-9,14-15H,5,10-13,26H2,(H2,25,33)(H2,27,28,29,30). The maximum absolute atomic E-state index is 12.2. The Labute approximate surface area is 200 Å². The first-order valence-corrected chi connectivity index (χ1v) is 11.2. The molecule has 6 N–H and O–H groups in total.